The van der Waals surface area contributed by atoms with Gasteiger partial charge in [-0.05, 0) is 35.7 Å². The standard InChI is InChI=1S/C20H18N2O3/c1-25-15-7-5-13(6-8-15)11-21-20(24)17-12-22-10-9-14-3-2-4-16(18(14)22)19(17)23/h2-8,12H,9-11H2,1H3,(H,21,24). The number of nitrogens with one attached hydrogen (secondary N) is 1. The van der Waals surface area contributed by atoms with Crippen molar-refractivity contribution in [3.8, 4) is 5.75 Å². The first-order valence-corrected chi connectivity index (χ1v) is 8.23. The Bertz CT molecular complexity index is 1020. The first kappa shape index (κ1) is 15.4. The molecule has 1 aliphatic heterocycles. The number of methoxy groups -OCH3 is 1. The number of hydrogen-bond acceptors (Lipinski definition) is 3. The zero-order valence-corrected chi connectivity index (χ0v) is 13.9. The predicted molar refractivity (Wildman–Crippen MR) is 96.1 cm³/mol. The number of benzene rings is 2. The van der Waals surface area contributed by atoms with Crippen molar-refractivity contribution >= 4 is 16.8 Å². The molecule has 5 heteroatoms. The quantitative estimate of drug-likeness (QED) is 0.797. The molecule has 0 unspecified atom stereocenters. The number of carbonyl (C=O) groups is 1. The van der Waals surface area contributed by atoms with Gasteiger partial charge in [-0.2, -0.15) is 0 Å². The summed E-state index contributed by atoms with van der Waals surface area (Å²) < 4.78 is 7.13. The van der Waals surface area contributed by atoms with Crippen molar-refractivity contribution in [2.24, 2.45) is 0 Å². The third-order valence-electron chi connectivity index (χ3n) is 4.66. The maximum absolute atomic E-state index is 12.7. The van der Waals surface area contributed by atoms with Crippen LogP contribution >= 0.6 is 0 Å². The minimum atomic E-state index is -0.344. The van der Waals surface area contributed by atoms with E-state index in [0.29, 0.717) is 11.9 Å². The molecular weight excluding hydrogens is 316 g/mol. The van der Waals surface area contributed by atoms with Crippen LogP contribution in [-0.4, -0.2) is 17.6 Å². The summed E-state index contributed by atoms with van der Waals surface area (Å²) in [6.07, 6.45) is 2.58. The Balaban J connectivity index is 1.60. The molecule has 1 aliphatic rings. The van der Waals surface area contributed by atoms with Crippen molar-refractivity contribution in [1.29, 1.82) is 0 Å². The zero-order chi connectivity index (χ0) is 17.4. The fourth-order valence-corrected chi connectivity index (χ4v) is 3.34. The molecule has 3 aromatic rings. The number of pyridine rings is 1. The van der Waals surface area contributed by atoms with E-state index in [1.165, 1.54) is 5.56 Å². The van der Waals surface area contributed by atoms with Gasteiger partial charge < -0.3 is 14.6 Å². The predicted octanol–water partition coefficient (Wildman–Crippen LogP) is 2.50. The number of nitrogens with zero attached hydrogens (tertiary/aromatic N) is 1. The molecular formula is C20H18N2O3. The summed E-state index contributed by atoms with van der Waals surface area (Å²) in [6, 6.07) is 13.2. The van der Waals surface area contributed by atoms with E-state index in [-0.39, 0.29) is 16.9 Å². The second kappa shape index (κ2) is 6.09. The van der Waals surface area contributed by atoms with Gasteiger partial charge in [0.05, 0.1) is 12.6 Å². The Morgan fingerprint density at radius 2 is 2.00 bits per heavy atom. The third-order valence-corrected chi connectivity index (χ3v) is 4.66. The second-order valence-corrected chi connectivity index (χ2v) is 6.16. The van der Waals surface area contributed by atoms with Gasteiger partial charge in [-0.1, -0.05) is 24.3 Å². The molecule has 0 radical (unpaired) electrons. The largest absolute Gasteiger partial charge is 0.497 e. The average Bonchev–Trinajstić information content (AvgIpc) is 3.07. The normalized spacial score (nSPS) is 12.4. The average molecular weight is 334 g/mol. The SMILES string of the molecule is COc1ccc(CNC(=O)c2cn3c4c(cccc4c2=O)CC3)cc1. The van der Waals surface area contributed by atoms with E-state index in [0.717, 1.165) is 29.8 Å². The van der Waals surface area contributed by atoms with Crippen LogP contribution in [-0.2, 0) is 19.5 Å². The molecule has 5 nitrogen and oxygen atoms in total. The topological polar surface area (TPSA) is 60.3 Å². The number of para-hydroxylation sites is 1. The molecule has 2 aromatic carbocycles. The molecule has 0 bridgehead atoms. The van der Waals surface area contributed by atoms with Crippen LogP contribution in [0.3, 0.4) is 0 Å². The Morgan fingerprint density at radius 3 is 2.76 bits per heavy atom. The maximum Gasteiger partial charge on any atom is 0.257 e. The summed E-state index contributed by atoms with van der Waals surface area (Å²) in [7, 11) is 1.61. The van der Waals surface area contributed by atoms with E-state index >= 15 is 0 Å². The molecule has 2 heterocycles. The molecule has 4 rings (SSSR count). The molecule has 0 atom stereocenters. The van der Waals surface area contributed by atoms with Gasteiger partial charge >= 0.3 is 0 Å². The monoisotopic (exact) mass is 334 g/mol. The maximum atomic E-state index is 12.7. The molecule has 0 spiro atoms. The van der Waals surface area contributed by atoms with Gasteiger partial charge in [-0.25, -0.2) is 0 Å². The fourth-order valence-electron chi connectivity index (χ4n) is 3.34. The number of carbonyl (C=O) groups excluding carboxylic acids is 1. The summed E-state index contributed by atoms with van der Waals surface area (Å²) in [5, 5.41) is 3.45. The minimum Gasteiger partial charge on any atom is -0.497 e. The molecule has 1 N–H and O–H groups in total. The van der Waals surface area contributed by atoms with Crippen molar-refractivity contribution in [3.63, 3.8) is 0 Å². The summed E-state index contributed by atoms with van der Waals surface area (Å²) in [6.45, 7) is 1.16. The van der Waals surface area contributed by atoms with E-state index in [9.17, 15) is 9.59 Å². The van der Waals surface area contributed by atoms with E-state index < -0.39 is 0 Å². The van der Waals surface area contributed by atoms with Gasteiger partial charge in [0.2, 0.25) is 5.43 Å². The van der Waals surface area contributed by atoms with Crippen LogP contribution in [0.1, 0.15) is 21.5 Å². The molecule has 0 saturated carbocycles. The lowest BCUT2D eigenvalue weighted by Crippen LogP contribution is -2.29. The van der Waals surface area contributed by atoms with Gasteiger partial charge in [0.15, 0.2) is 0 Å². The number of aryl methyl sites for hydroxylation is 2. The summed E-state index contributed by atoms with van der Waals surface area (Å²) in [5.41, 5.74) is 3.06. The second-order valence-electron chi connectivity index (χ2n) is 6.16. The lowest BCUT2D eigenvalue weighted by Gasteiger charge is -2.09. The van der Waals surface area contributed by atoms with Gasteiger partial charge in [0.1, 0.15) is 11.3 Å². The molecule has 0 saturated heterocycles. The Labute approximate surface area is 144 Å². The molecule has 1 aromatic heterocycles. The first-order chi connectivity index (χ1) is 12.2. The Hall–Kier alpha value is -3.08. The minimum absolute atomic E-state index is 0.195. The van der Waals surface area contributed by atoms with Gasteiger partial charge in [0, 0.05) is 24.7 Å². The van der Waals surface area contributed by atoms with Crippen molar-refractivity contribution in [2.75, 3.05) is 7.11 Å². The van der Waals surface area contributed by atoms with Crippen LogP contribution in [0.25, 0.3) is 10.9 Å². The number of rotatable bonds is 4. The number of amides is 1. The van der Waals surface area contributed by atoms with Crippen LogP contribution in [0.5, 0.6) is 5.75 Å². The third kappa shape index (κ3) is 2.67. The molecule has 126 valence electrons. The molecule has 25 heavy (non-hydrogen) atoms. The van der Waals surface area contributed by atoms with E-state index in [2.05, 4.69) is 5.32 Å². The highest BCUT2D eigenvalue weighted by Gasteiger charge is 2.20. The highest BCUT2D eigenvalue weighted by atomic mass is 16.5. The smallest absolute Gasteiger partial charge is 0.257 e. The van der Waals surface area contributed by atoms with Crippen LogP contribution in [0, 0.1) is 0 Å². The lowest BCUT2D eigenvalue weighted by molar-refractivity contribution is 0.0949. The van der Waals surface area contributed by atoms with Gasteiger partial charge in [0.25, 0.3) is 5.91 Å². The van der Waals surface area contributed by atoms with Crippen LogP contribution < -0.4 is 15.5 Å². The lowest BCUT2D eigenvalue weighted by atomic mass is 10.1. The zero-order valence-electron chi connectivity index (χ0n) is 13.9. The van der Waals surface area contributed by atoms with Crippen molar-refractivity contribution in [1.82, 2.24) is 9.88 Å². The van der Waals surface area contributed by atoms with Gasteiger partial charge in [-0.3, -0.25) is 9.59 Å². The van der Waals surface area contributed by atoms with Crippen molar-refractivity contribution in [3.05, 3.63) is 75.6 Å². The Kier molecular flexibility index (Phi) is 3.76. The highest BCUT2D eigenvalue weighted by molar-refractivity contribution is 5.98. The van der Waals surface area contributed by atoms with Crippen LogP contribution in [0.2, 0.25) is 0 Å². The molecule has 1 amide bonds. The summed E-state index contributed by atoms with van der Waals surface area (Å²) in [5.74, 6) is 0.422. The van der Waals surface area contributed by atoms with Gasteiger partial charge in [-0.15, -0.1) is 0 Å². The van der Waals surface area contributed by atoms with E-state index in [4.69, 9.17) is 4.74 Å². The van der Waals surface area contributed by atoms with Crippen molar-refractivity contribution < 1.29 is 9.53 Å². The van der Waals surface area contributed by atoms with Crippen LogP contribution in [0.15, 0.2) is 53.5 Å². The van der Waals surface area contributed by atoms with Crippen LogP contribution in [0.4, 0.5) is 0 Å². The fraction of sp³-hybridized carbons (Fsp3) is 0.200. The molecule has 0 aliphatic carbocycles. The van der Waals surface area contributed by atoms with Crippen molar-refractivity contribution in [2.45, 2.75) is 19.5 Å². The number of aromatic nitrogens is 1. The van der Waals surface area contributed by atoms with E-state index in [1.807, 2.05) is 41.0 Å². The first-order valence-electron chi connectivity index (χ1n) is 8.23. The highest BCUT2D eigenvalue weighted by Crippen LogP contribution is 2.23. The number of hydrogen-bond donors (Lipinski definition) is 1. The number of ether oxygens (including phenoxy) is 1. The summed E-state index contributed by atoms with van der Waals surface area (Å²) in [4.78, 5) is 25.2. The van der Waals surface area contributed by atoms with E-state index in [1.54, 1.807) is 19.4 Å². The summed E-state index contributed by atoms with van der Waals surface area (Å²) >= 11 is 0. The Morgan fingerprint density at radius 1 is 1.20 bits per heavy atom. The molecule has 0 fully saturated rings.